The van der Waals surface area contributed by atoms with Gasteiger partial charge < -0.3 is 20.2 Å². The van der Waals surface area contributed by atoms with Gasteiger partial charge in [0.15, 0.2) is 10.7 Å². The molecule has 10 heteroatoms. The zero-order valence-electron chi connectivity index (χ0n) is 30.3. The first-order valence-electron chi connectivity index (χ1n) is 19.3. The number of ketones is 2. The maximum atomic E-state index is 13.2. The van der Waals surface area contributed by atoms with Crippen molar-refractivity contribution in [1.29, 1.82) is 0 Å². The molecule has 0 fully saturated rings. The highest BCUT2D eigenvalue weighted by atomic mass is 32.7. The van der Waals surface area contributed by atoms with E-state index in [0.717, 1.165) is 38.5 Å². The average molecular weight is 709 g/mol. The van der Waals surface area contributed by atoms with E-state index in [4.69, 9.17) is 9.63 Å². The van der Waals surface area contributed by atoms with Crippen molar-refractivity contribution in [2.75, 3.05) is 13.2 Å². The summed E-state index contributed by atoms with van der Waals surface area (Å²) in [7, 11) is 0. The smallest absolute Gasteiger partial charge is 0.389 e. The Balaban J connectivity index is 4.52. The van der Waals surface area contributed by atoms with E-state index >= 15 is 0 Å². The zero-order valence-corrected chi connectivity index (χ0v) is 32.0. The molecule has 0 aliphatic heterocycles. The van der Waals surface area contributed by atoms with E-state index in [1.54, 1.807) is 0 Å². The van der Waals surface area contributed by atoms with Crippen LogP contribution in [0.4, 0.5) is 0 Å². The molecule has 0 aromatic heterocycles. The number of aliphatic hydroxyl groups is 3. The van der Waals surface area contributed by atoms with Crippen LogP contribution in [0.5, 0.6) is 0 Å². The number of hydrogen-bond donors (Lipinski definition) is 4. The van der Waals surface area contributed by atoms with Gasteiger partial charge in [-0.05, 0) is 12.8 Å². The maximum Gasteiger partial charge on any atom is 0.389 e. The van der Waals surface area contributed by atoms with E-state index in [1.165, 1.54) is 116 Å². The number of hydrogen-bond acceptors (Lipinski definition) is 8. The monoisotopic (exact) mass is 708 g/mol. The van der Waals surface area contributed by atoms with Gasteiger partial charge in [0.25, 0.3) is 0 Å². The number of carbonyl (C=O) groups excluding carboxylic acids is 2. The maximum absolute atomic E-state index is 13.2. The van der Waals surface area contributed by atoms with Crippen LogP contribution >= 0.6 is 18.2 Å². The lowest BCUT2D eigenvalue weighted by Crippen LogP contribution is -2.37. The average Bonchev–Trinajstić information content (AvgIpc) is 3.03. The molecule has 0 saturated heterocycles. The molecule has 0 spiro atoms. The second-order valence-corrected chi connectivity index (χ2v) is 17.6. The number of rotatable bonds is 37. The van der Waals surface area contributed by atoms with Crippen molar-refractivity contribution in [2.24, 2.45) is 0 Å². The molecule has 280 valence electrons. The van der Waals surface area contributed by atoms with Gasteiger partial charge >= 0.3 is 6.80 Å². The molecule has 0 heterocycles. The molecular formula is C37H73O8PS. The molecule has 0 rings (SSSR count). The van der Waals surface area contributed by atoms with Crippen LogP contribution in [0.2, 0.25) is 0 Å². The molecule has 0 radical (unpaired) electrons. The van der Waals surface area contributed by atoms with Crippen LogP contribution in [-0.2, 0) is 18.7 Å². The summed E-state index contributed by atoms with van der Waals surface area (Å²) in [5.41, 5.74) is 0. The summed E-state index contributed by atoms with van der Waals surface area (Å²) in [6.45, 7) is -1.43. The van der Waals surface area contributed by atoms with E-state index in [1.807, 2.05) is 0 Å². The topological polar surface area (TPSA) is 141 Å². The summed E-state index contributed by atoms with van der Waals surface area (Å²) >= 11 is 0.0670. The van der Waals surface area contributed by atoms with Crippen LogP contribution in [0.15, 0.2) is 0 Å². The van der Waals surface area contributed by atoms with Crippen LogP contribution in [0.1, 0.15) is 200 Å². The molecule has 0 aromatic rings. The number of aliphatic hydroxyl groups excluding tert-OH is 2. The lowest BCUT2D eigenvalue weighted by atomic mass is 9.99. The van der Waals surface area contributed by atoms with E-state index in [2.05, 4.69) is 13.8 Å². The Morgan fingerprint density at radius 1 is 0.638 bits per heavy atom. The van der Waals surface area contributed by atoms with Gasteiger partial charge in [-0.15, -0.1) is 0 Å². The highest BCUT2D eigenvalue weighted by Crippen LogP contribution is 2.61. The van der Waals surface area contributed by atoms with Crippen molar-refractivity contribution in [3.63, 3.8) is 0 Å². The molecule has 0 saturated carbocycles. The van der Waals surface area contributed by atoms with Crippen molar-refractivity contribution < 1.29 is 38.9 Å². The van der Waals surface area contributed by atoms with Crippen molar-refractivity contribution in [1.82, 2.24) is 0 Å². The van der Waals surface area contributed by atoms with E-state index < -0.39 is 43.3 Å². The molecule has 0 bridgehead atoms. The molecule has 4 N–H and O–H groups in total. The summed E-state index contributed by atoms with van der Waals surface area (Å²) in [5, 5.41) is 29.8. The van der Waals surface area contributed by atoms with E-state index in [-0.39, 0.29) is 30.0 Å². The summed E-state index contributed by atoms with van der Waals surface area (Å²) in [6, 6.07) is 0. The summed E-state index contributed by atoms with van der Waals surface area (Å²) in [4.78, 5) is 33.9. The van der Waals surface area contributed by atoms with Gasteiger partial charge in [-0.1, -0.05) is 168 Å². The second-order valence-electron chi connectivity index (χ2n) is 13.6. The zero-order chi connectivity index (χ0) is 35.1. The van der Waals surface area contributed by atoms with Crippen LogP contribution in [-0.4, -0.2) is 56.0 Å². The van der Waals surface area contributed by atoms with Gasteiger partial charge in [0.05, 0.1) is 19.6 Å². The Morgan fingerprint density at radius 3 is 1.34 bits per heavy atom. The third kappa shape index (κ3) is 29.2. The molecule has 0 amide bonds. The van der Waals surface area contributed by atoms with Crippen molar-refractivity contribution in [2.45, 2.75) is 211 Å². The quantitative estimate of drug-likeness (QED) is 0.0282. The van der Waals surface area contributed by atoms with Crippen molar-refractivity contribution in [3.05, 3.63) is 0 Å². The minimum Gasteiger partial charge on any atom is -0.394 e. The highest BCUT2D eigenvalue weighted by molar-refractivity contribution is 8.55. The molecule has 47 heavy (non-hydrogen) atoms. The lowest BCUT2D eigenvalue weighted by Gasteiger charge is -2.27. The molecule has 0 aromatic carbocycles. The van der Waals surface area contributed by atoms with Crippen LogP contribution in [0.25, 0.3) is 0 Å². The summed E-state index contributed by atoms with van der Waals surface area (Å²) in [6.07, 6.45) is 28.6. The van der Waals surface area contributed by atoms with E-state index in [0.29, 0.717) is 12.8 Å². The number of unbranched alkanes of at least 4 members (excludes halogenated alkanes) is 24. The van der Waals surface area contributed by atoms with Gasteiger partial charge in [0, 0.05) is 24.2 Å². The van der Waals surface area contributed by atoms with Gasteiger partial charge in [0.2, 0.25) is 0 Å². The molecule has 8 nitrogen and oxygen atoms in total. The Labute approximate surface area is 292 Å². The highest BCUT2D eigenvalue weighted by Gasteiger charge is 2.45. The normalized spacial score (nSPS) is 14.9. The molecule has 0 aliphatic rings. The first-order valence-corrected chi connectivity index (χ1v) is 22.3. The molecular weight excluding hydrogens is 635 g/mol. The van der Waals surface area contributed by atoms with Crippen LogP contribution in [0, 0.1) is 0 Å². The molecule has 0 aliphatic carbocycles. The van der Waals surface area contributed by atoms with Gasteiger partial charge in [-0.25, -0.2) is 4.57 Å². The Hall–Kier alpha value is -0.280. The third-order valence-corrected chi connectivity index (χ3v) is 12.1. The van der Waals surface area contributed by atoms with Gasteiger partial charge in [-0.3, -0.25) is 14.1 Å². The lowest BCUT2D eigenvalue weighted by molar-refractivity contribution is -0.134. The van der Waals surface area contributed by atoms with Gasteiger partial charge in [-0.2, -0.15) is 0 Å². The van der Waals surface area contributed by atoms with E-state index in [9.17, 15) is 29.3 Å². The molecule has 3 atom stereocenters. The number of Topliss-reactive ketones (excluding diaryl/α,β-unsaturated/α-hetero) is 2. The SMILES string of the molecule is CCCCCCCCCCCCCCCC(=O)CC(O)(SP(=O)(O)OCC(O)CO)C(=O)CCCCCCCCCCCCCCC. The predicted octanol–water partition coefficient (Wildman–Crippen LogP) is 10.4. The predicted molar refractivity (Wildman–Crippen MR) is 197 cm³/mol. The fraction of sp³-hybridized carbons (Fsp3) is 0.946. The fourth-order valence-corrected chi connectivity index (χ4v) is 9.04. The van der Waals surface area contributed by atoms with Crippen molar-refractivity contribution in [3.8, 4) is 0 Å². The number of carbonyl (C=O) groups is 2. The Morgan fingerprint density at radius 2 is 0.979 bits per heavy atom. The van der Waals surface area contributed by atoms with Crippen LogP contribution in [0.3, 0.4) is 0 Å². The second kappa shape index (κ2) is 31.7. The first kappa shape index (κ1) is 46.7. The standard InChI is InChI=1S/C37H73O8PS/c1-3-5-7-9-11-13-15-17-19-21-23-25-27-29-34(39)31-37(42,47-46(43,44)45-33-35(40)32-38)36(41)30-28-26-24-22-20-18-16-14-12-10-8-6-4-2/h35,38,40,42H,3-33H2,1-2H3,(H,43,44). The summed E-state index contributed by atoms with van der Waals surface area (Å²) in [5.74, 6) is -0.970. The fourth-order valence-electron chi connectivity index (χ4n) is 5.83. The van der Waals surface area contributed by atoms with Gasteiger partial charge in [0.1, 0.15) is 11.9 Å². The summed E-state index contributed by atoms with van der Waals surface area (Å²) < 4.78 is 17.5. The molecule has 3 unspecified atom stereocenters. The Kier molecular flexibility index (Phi) is 31.5. The van der Waals surface area contributed by atoms with Crippen molar-refractivity contribution >= 4 is 29.7 Å². The minimum absolute atomic E-state index is 0.00649. The third-order valence-electron chi connectivity index (χ3n) is 8.85. The first-order chi connectivity index (χ1) is 22.6. The largest absolute Gasteiger partial charge is 0.394 e. The van der Waals surface area contributed by atoms with Crippen LogP contribution < -0.4 is 0 Å². The Bertz CT molecular complexity index is 798. The minimum atomic E-state index is -4.60.